The van der Waals surface area contributed by atoms with Gasteiger partial charge in [-0.3, -0.25) is 4.79 Å². The number of pyridine rings is 1. The number of carbonyl (C=O) groups is 1. The minimum absolute atomic E-state index is 0.182. The van der Waals surface area contributed by atoms with Crippen molar-refractivity contribution in [2.24, 2.45) is 0 Å². The van der Waals surface area contributed by atoms with E-state index < -0.39 is 0 Å². The largest absolute Gasteiger partial charge is 0.492 e. The van der Waals surface area contributed by atoms with E-state index in [4.69, 9.17) is 39.5 Å². The topological polar surface area (TPSA) is 42.4 Å². The van der Waals surface area contributed by atoms with Gasteiger partial charge in [0.15, 0.2) is 0 Å². The summed E-state index contributed by atoms with van der Waals surface area (Å²) in [5, 5.41) is 1.01. The van der Waals surface area contributed by atoms with Crippen LogP contribution >= 0.6 is 34.8 Å². The summed E-state index contributed by atoms with van der Waals surface area (Å²) in [7, 11) is 1.68. The van der Waals surface area contributed by atoms with Crippen LogP contribution < -0.4 is 4.74 Å². The standard InChI is InChI=1S/C15H13Cl3N2O2/c1-20(6-7-22-12-4-2-11(16)3-5-12)15(21)10-8-13(17)19-14(18)9-10/h2-5,8-9H,6-7H2,1H3. The second-order valence-electron chi connectivity index (χ2n) is 4.53. The third kappa shape index (κ3) is 4.77. The summed E-state index contributed by atoms with van der Waals surface area (Å²) >= 11 is 17.4. The lowest BCUT2D eigenvalue weighted by Crippen LogP contribution is -2.30. The summed E-state index contributed by atoms with van der Waals surface area (Å²) in [5.41, 5.74) is 0.388. The highest BCUT2D eigenvalue weighted by Crippen LogP contribution is 2.17. The molecule has 0 aliphatic rings. The lowest BCUT2D eigenvalue weighted by Gasteiger charge is -2.17. The van der Waals surface area contributed by atoms with Crippen LogP contribution in [0.5, 0.6) is 5.75 Å². The minimum atomic E-state index is -0.203. The highest BCUT2D eigenvalue weighted by atomic mass is 35.5. The number of hydrogen-bond donors (Lipinski definition) is 0. The van der Waals surface area contributed by atoms with Crippen LogP contribution in [-0.4, -0.2) is 36.0 Å². The predicted octanol–water partition coefficient (Wildman–Crippen LogP) is 4.19. The highest BCUT2D eigenvalue weighted by Gasteiger charge is 2.13. The Balaban J connectivity index is 1.89. The molecule has 0 aliphatic heterocycles. The van der Waals surface area contributed by atoms with Crippen molar-refractivity contribution in [2.45, 2.75) is 0 Å². The Morgan fingerprint density at radius 1 is 1.14 bits per heavy atom. The molecule has 1 aromatic heterocycles. The third-order valence-corrected chi connectivity index (χ3v) is 3.50. The molecule has 0 aliphatic carbocycles. The van der Waals surface area contributed by atoms with Crippen molar-refractivity contribution in [1.29, 1.82) is 0 Å². The molecule has 1 heterocycles. The van der Waals surface area contributed by atoms with Crippen molar-refractivity contribution in [2.75, 3.05) is 20.2 Å². The fourth-order valence-corrected chi connectivity index (χ4v) is 2.33. The maximum absolute atomic E-state index is 12.2. The van der Waals surface area contributed by atoms with Crippen molar-refractivity contribution in [3.05, 3.63) is 57.3 Å². The van der Waals surface area contributed by atoms with E-state index in [1.165, 1.54) is 17.0 Å². The monoisotopic (exact) mass is 358 g/mol. The smallest absolute Gasteiger partial charge is 0.253 e. The average Bonchev–Trinajstić information content (AvgIpc) is 2.47. The van der Waals surface area contributed by atoms with Gasteiger partial charge in [0.05, 0.1) is 6.54 Å². The summed E-state index contributed by atoms with van der Waals surface area (Å²) in [5.74, 6) is 0.492. The molecule has 0 bridgehead atoms. The lowest BCUT2D eigenvalue weighted by atomic mass is 10.2. The maximum Gasteiger partial charge on any atom is 0.253 e. The Morgan fingerprint density at radius 3 is 2.32 bits per heavy atom. The van der Waals surface area contributed by atoms with E-state index >= 15 is 0 Å². The van der Waals surface area contributed by atoms with Gasteiger partial charge in [-0.05, 0) is 36.4 Å². The van der Waals surface area contributed by atoms with E-state index in [0.717, 1.165) is 0 Å². The zero-order valence-corrected chi connectivity index (χ0v) is 14.0. The van der Waals surface area contributed by atoms with Gasteiger partial charge in [0, 0.05) is 17.6 Å². The first-order chi connectivity index (χ1) is 10.5. The van der Waals surface area contributed by atoms with Crippen molar-refractivity contribution in [1.82, 2.24) is 9.88 Å². The molecule has 2 aromatic rings. The van der Waals surface area contributed by atoms with Gasteiger partial charge in [-0.1, -0.05) is 34.8 Å². The second-order valence-corrected chi connectivity index (χ2v) is 5.74. The number of nitrogens with zero attached hydrogens (tertiary/aromatic N) is 2. The fraction of sp³-hybridized carbons (Fsp3) is 0.200. The van der Waals surface area contributed by atoms with Crippen molar-refractivity contribution < 1.29 is 9.53 Å². The van der Waals surface area contributed by atoms with Crippen LogP contribution in [0.25, 0.3) is 0 Å². The molecule has 0 radical (unpaired) electrons. The Kier molecular flexibility index (Phi) is 5.89. The van der Waals surface area contributed by atoms with Gasteiger partial charge in [0.2, 0.25) is 0 Å². The molecule has 0 fully saturated rings. The first-order valence-electron chi connectivity index (χ1n) is 6.42. The molecule has 0 N–H and O–H groups in total. The molecule has 0 spiro atoms. The molecular weight excluding hydrogens is 347 g/mol. The first kappa shape index (κ1) is 16.9. The van der Waals surface area contributed by atoms with Gasteiger partial charge < -0.3 is 9.64 Å². The van der Waals surface area contributed by atoms with Crippen LogP contribution in [0.3, 0.4) is 0 Å². The van der Waals surface area contributed by atoms with Gasteiger partial charge in [-0.15, -0.1) is 0 Å². The molecule has 4 nitrogen and oxygen atoms in total. The normalized spacial score (nSPS) is 10.4. The number of amides is 1. The van der Waals surface area contributed by atoms with E-state index in [2.05, 4.69) is 4.98 Å². The molecule has 0 unspecified atom stereocenters. The minimum Gasteiger partial charge on any atom is -0.492 e. The average molecular weight is 360 g/mol. The van der Waals surface area contributed by atoms with Crippen molar-refractivity contribution in [3.8, 4) is 5.75 Å². The SMILES string of the molecule is CN(CCOc1ccc(Cl)cc1)C(=O)c1cc(Cl)nc(Cl)c1. The third-order valence-electron chi connectivity index (χ3n) is 2.87. The summed E-state index contributed by atoms with van der Waals surface area (Å²) in [6.07, 6.45) is 0. The quantitative estimate of drug-likeness (QED) is 0.752. The van der Waals surface area contributed by atoms with Crippen LogP contribution in [0.1, 0.15) is 10.4 Å². The second kappa shape index (κ2) is 7.68. The van der Waals surface area contributed by atoms with Crippen LogP contribution in [0.15, 0.2) is 36.4 Å². The molecule has 22 heavy (non-hydrogen) atoms. The zero-order chi connectivity index (χ0) is 16.1. The molecule has 7 heteroatoms. The van der Waals surface area contributed by atoms with E-state index in [1.807, 2.05) is 0 Å². The molecule has 2 rings (SSSR count). The van der Waals surface area contributed by atoms with E-state index in [9.17, 15) is 4.79 Å². The van der Waals surface area contributed by atoms with Crippen LogP contribution in [0, 0.1) is 0 Å². The Morgan fingerprint density at radius 2 is 1.73 bits per heavy atom. The molecule has 0 saturated carbocycles. The van der Waals surface area contributed by atoms with Gasteiger partial charge in [0.25, 0.3) is 5.91 Å². The highest BCUT2D eigenvalue weighted by molar-refractivity contribution is 6.33. The molecule has 0 saturated heterocycles. The van der Waals surface area contributed by atoms with Crippen LogP contribution in [0.4, 0.5) is 0 Å². The fourth-order valence-electron chi connectivity index (χ4n) is 1.74. The first-order valence-corrected chi connectivity index (χ1v) is 7.56. The number of ether oxygens (including phenoxy) is 1. The van der Waals surface area contributed by atoms with E-state index in [1.54, 1.807) is 31.3 Å². The molecular formula is C15H13Cl3N2O2. The van der Waals surface area contributed by atoms with Crippen LogP contribution in [-0.2, 0) is 0 Å². The maximum atomic E-state index is 12.2. The number of halogens is 3. The number of benzene rings is 1. The van der Waals surface area contributed by atoms with Gasteiger partial charge in [-0.2, -0.15) is 0 Å². The summed E-state index contributed by atoms with van der Waals surface area (Å²) in [6, 6.07) is 9.98. The van der Waals surface area contributed by atoms with Gasteiger partial charge in [-0.25, -0.2) is 4.98 Å². The number of aromatic nitrogens is 1. The number of likely N-dealkylation sites (N-methyl/N-ethyl adjacent to an activating group) is 1. The Labute approximate surface area is 143 Å². The molecule has 1 aromatic carbocycles. The zero-order valence-electron chi connectivity index (χ0n) is 11.7. The van der Waals surface area contributed by atoms with Crippen LogP contribution in [0.2, 0.25) is 15.3 Å². The molecule has 116 valence electrons. The van der Waals surface area contributed by atoms with E-state index in [-0.39, 0.29) is 16.2 Å². The summed E-state index contributed by atoms with van der Waals surface area (Å²) in [6.45, 7) is 0.773. The van der Waals surface area contributed by atoms with Gasteiger partial charge >= 0.3 is 0 Å². The number of hydrogen-bond acceptors (Lipinski definition) is 3. The van der Waals surface area contributed by atoms with E-state index in [0.29, 0.717) is 29.5 Å². The lowest BCUT2D eigenvalue weighted by molar-refractivity contribution is 0.0773. The molecule has 1 amide bonds. The Hall–Kier alpha value is -1.49. The number of carbonyl (C=O) groups excluding carboxylic acids is 1. The number of rotatable bonds is 5. The predicted molar refractivity (Wildman–Crippen MR) is 88.2 cm³/mol. The molecule has 0 atom stereocenters. The Bertz CT molecular complexity index is 642. The van der Waals surface area contributed by atoms with Gasteiger partial charge in [0.1, 0.15) is 22.7 Å². The summed E-state index contributed by atoms with van der Waals surface area (Å²) in [4.78, 5) is 17.6. The summed E-state index contributed by atoms with van der Waals surface area (Å²) < 4.78 is 5.55. The van der Waals surface area contributed by atoms with Crippen molar-refractivity contribution >= 4 is 40.7 Å². The van der Waals surface area contributed by atoms with Crippen molar-refractivity contribution in [3.63, 3.8) is 0 Å².